The first-order chi connectivity index (χ1) is 14.2. The highest BCUT2D eigenvalue weighted by molar-refractivity contribution is 5.99. The van der Waals surface area contributed by atoms with Crippen LogP contribution in [0.1, 0.15) is 68.3 Å². The zero-order valence-electron chi connectivity index (χ0n) is 18.0. The summed E-state index contributed by atoms with van der Waals surface area (Å²) in [6.07, 6.45) is 5.05. The maximum absolute atomic E-state index is 13.2. The van der Waals surface area contributed by atoms with Gasteiger partial charge >= 0.3 is 0 Å². The summed E-state index contributed by atoms with van der Waals surface area (Å²) in [5.74, 6) is -0.769. The first kappa shape index (κ1) is 22.3. The average molecular weight is 417 g/mol. The molecule has 2 fully saturated rings. The normalized spacial score (nSPS) is 23.9. The number of aryl methyl sites for hydroxylation is 1. The van der Waals surface area contributed by atoms with Crippen molar-refractivity contribution in [1.82, 2.24) is 10.6 Å². The second kappa shape index (κ2) is 9.16. The molecule has 0 aromatic heterocycles. The van der Waals surface area contributed by atoms with E-state index in [2.05, 4.69) is 17.6 Å². The minimum absolute atomic E-state index is 0.00486. The van der Waals surface area contributed by atoms with Gasteiger partial charge in [-0.05, 0) is 61.8 Å². The Morgan fingerprint density at radius 2 is 2.00 bits per heavy atom. The van der Waals surface area contributed by atoms with Crippen molar-refractivity contribution >= 4 is 17.6 Å². The molecule has 3 N–H and O–H groups in total. The number of hydrogen-bond donors (Lipinski definition) is 3. The van der Waals surface area contributed by atoms with Crippen LogP contribution in [-0.2, 0) is 14.3 Å². The monoisotopic (exact) mass is 416 g/mol. The van der Waals surface area contributed by atoms with Gasteiger partial charge in [0.15, 0.2) is 5.78 Å². The molecule has 0 spiro atoms. The number of phenols is 1. The van der Waals surface area contributed by atoms with Crippen LogP contribution in [-0.4, -0.2) is 47.5 Å². The van der Waals surface area contributed by atoms with Crippen molar-refractivity contribution in [2.75, 3.05) is 6.61 Å². The van der Waals surface area contributed by atoms with E-state index in [9.17, 15) is 19.5 Å². The molecule has 0 bridgehead atoms. The molecule has 1 aromatic rings. The van der Waals surface area contributed by atoms with E-state index >= 15 is 0 Å². The summed E-state index contributed by atoms with van der Waals surface area (Å²) in [5.41, 5.74) is 1.01. The molecular weight excluding hydrogens is 384 g/mol. The number of rotatable bonds is 7. The predicted octanol–water partition coefficient (Wildman–Crippen LogP) is 2.63. The Morgan fingerprint density at radius 1 is 1.30 bits per heavy atom. The fourth-order valence-electron chi connectivity index (χ4n) is 4.64. The SMILES string of the molecule is CC[C@@H]1OCC(=O)[C@H]1NC(=O)C(CC1(C)CCCC1)NC(=O)c1ccc(O)cc1C. The Labute approximate surface area is 177 Å². The van der Waals surface area contributed by atoms with Gasteiger partial charge < -0.3 is 20.5 Å². The minimum atomic E-state index is -0.750. The third kappa shape index (κ3) is 5.01. The van der Waals surface area contributed by atoms with Gasteiger partial charge in [0, 0.05) is 5.56 Å². The Balaban J connectivity index is 1.78. The molecule has 2 amide bonds. The van der Waals surface area contributed by atoms with E-state index in [1.165, 1.54) is 12.1 Å². The highest BCUT2D eigenvalue weighted by atomic mass is 16.5. The number of amides is 2. The van der Waals surface area contributed by atoms with Crippen molar-refractivity contribution in [2.24, 2.45) is 5.41 Å². The topological polar surface area (TPSA) is 105 Å². The van der Waals surface area contributed by atoms with Crippen LogP contribution in [0, 0.1) is 12.3 Å². The number of nitrogens with one attached hydrogen (secondary N) is 2. The zero-order valence-corrected chi connectivity index (χ0v) is 18.0. The third-order valence-corrected chi connectivity index (χ3v) is 6.44. The second-order valence-electron chi connectivity index (χ2n) is 8.96. The van der Waals surface area contributed by atoms with Gasteiger partial charge in [0.2, 0.25) is 5.91 Å². The van der Waals surface area contributed by atoms with Crippen LogP contribution < -0.4 is 10.6 Å². The molecule has 1 unspecified atom stereocenters. The smallest absolute Gasteiger partial charge is 0.252 e. The van der Waals surface area contributed by atoms with Gasteiger partial charge in [-0.25, -0.2) is 0 Å². The quantitative estimate of drug-likeness (QED) is 0.634. The van der Waals surface area contributed by atoms with Crippen LogP contribution in [0.5, 0.6) is 5.75 Å². The number of aromatic hydroxyl groups is 1. The van der Waals surface area contributed by atoms with Gasteiger partial charge in [-0.3, -0.25) is 14.4 Å². The summed E-state index contributed by atoms with van der Waals surface area (Å²) >= 11 is 0. The van der Waals surface area contributed by atoms with Gasteiger partial charge in [-0.2, -0.15) is 0 Å². The summed E-state index contributed by atoms with van der Waals surface area (Å²) in [6, 6.07) is 3.10. The summed E-state index contributed by atoms with van der Waals surface area (Å²) in [7, 11) is 0. The Bertz CT molecular complexity index is 816. The molecular formula is C23H32N2O5. The molecule has 1 saturated carbocycles. The second-order valence-corrected chi connectivity index (χ2v) is 8.96. The van der Waals surface area contributed by atoms with E-state index < -0.39 is 12.1 Å². The summed E-state index contributed by atoms with van der Waals surface area (Å²) in [6.45, 7) is 5.80. The average Bonchev–Trinajstić information content (AvgIpc) is 3.27. The molecule has 3 rings (SSSR count). The lowest BCUT2D eigenvalue weighted by Gasteiger charge is -2.30. The zero-order chi connectivity index (χ0) is 21.9. The fraction of sp³-hybridized carbons (Fsp3) is 0.609. The fourth-order valence-corrected chi connectivity index (χ4v) is 4.64. The standard InChI is InChI=1S/C23H32N2O5/c1-4-19-20(18(27)13-30-19)25-22(29)17(12-23(3)9-5-6-10-23)24-21(28)16-8-7-15(26)11-14(16)2/h7-8,11,17,19-20,26H,4-6,9-10,12-13H2,1-3H3,(H,24,28)(H,25,29)/t17?,19-,20+/m0/s1. The van der Waals surface area contributed by atoms with E-state index in [0.29, 0.717) is 24.0 Å². The van der Waals surface area contributed by atoms with E-state index in [0.717, 1.165) is 25.7 Å². The van der Waals surface area contributed by atoms with Crippen molar-refractivity contribution in [2.45, 2.75) is 77.5 Å². The van der Waals surface area contributed by atoms with Crippen molar-refractivity contribution in [3.8, 4) is 5.75 Å². The highest BCUT2D eigenvalue weighted by Gasteiger charge is 2.40. The van der Waals surface area contributed by atoms with E-state index in [1.807, 2.05) is 6.92 Å². The molecule has 1 aromatic carbocycles. The number of phenolic OH excluding ortho intramolecular Hbond substituents is 1. The van der Waals surface area contributed by atoms with Crippen molar-refractivity contribution in [1.29, 1.82) is 0 Å². The maximum atomic E-state index is 13.2. The minimum Gasteiger partial charge on any atom is -0.508 e. The van der Waals surface area contributed by atoms with E-state index in [4.69, 9.17) is 4.74 Å². The van der Waals surface area contributed by atoms with Crippen molar-refractivity contribution < 1.29 is 24.2 Å². The number of Topliss-reactive ketones (excluding diaryl/α,β-unsaturated/α-hetero) is 1. The molecule has 7 nitrogen and oxygen atoms in total. The molecule has 0 radical (unpaired) electrons. The molecule has 1 saturated heterocycles. The number of ether oxygens (including phenoxy) is 1. The summed E-state index contributed by atoms with van der Waals surface area (Å²) in [5, 5.41) is 15.3. The molecule has 1 heterocycles. The van der Waals surface area contributed by atoms with Crippen LogP contribution in [0.25, 0.3) is 0 Å². The molecule has 30 heavy (non-hydrogen) atoms. The number of carbonyl (C=O) groups excluding carboxylic acids is 3. The molecule has 1 aliphatic heterocycles. The predicted molar refractivity (Wildman–Crippen MR) is 112 cm³/mol. The molecule has 3 atom stereocenters. The number of hydrogen-bond acceptors (Lipinski definition) is 5. The van der Waals surface area contributed by atoms with Crippen molar-refractivity contribution in [3.05, 3.63) is 29.3 Å². The lowest BCUT2D eigenvalue weighted by molar-refractivity contribution is -0.128. The third-order valence-electron chi connectivity index (χ3n) is 6.44. The van der Waals surface area contributed by atoms with Crippen LogP contribution >= 0.6 is 0 Å². The van der Waals surface area contributed by atoms with Crippen LogP contribution in [0.15, 0.2) is 18.2 Å². The first-order valence-electron chi connectivity index (χ1n) is 10.8. The van der Waals surface area contributed by atoms with Gasteiger partial charge in [0.05, 0.1) is 6.10 Å². The van der Waals surface area contributed by atoms with Crippen LogP contribution in [0.4, 0.5) is 0 Å². The lowest BCUT2D eigenvalue weighted by atomic mass is 9.81. The molecule has 1 aliphatic carbocycles. The number of ketones is 1. The van der Waals surface area contributed by atoms with E-state index in [-0.39, 0.29) is 41.5 Å². The summed E-state index contributed by atoms with van der Waals surface area (Å²) < 4.78 is 5.46. The molecule has 7 heteroatoms. The Morgan fingerprint density at radius 3 is 2.63 bits per heavy atom. The maximum Gasteiger partial charge on any atom is 0.252 e. The van der Waals surface area contributed by atoms with E-state index in [1.54, 1.807) is 13.0 Å². The highest BCUT2D eigenvalue weighted by Crippen LogP contribution is 2.41. The van der Waals surface area contributed by atoms with Gasteiger partial charge in [-0.1, -0.05) is 26.7 Å². The lowest BCUT2D eigenvalue weighted by Crippen LogP contribution is -2.54. The van der Waals surface area contributed by atoms with Gasteiger partial charge in [0.25, 0.3) is 5.91 Å². The largest absolute Gasteiger partial charge is 0.508 e. The Kier molecular flexibility index (Phi) is 6.81. The van der Waals surface area contributed by atoms with Crippen molar-refractivity contribution in [3.63, 3.8) is 0 Å². The van der Waals surface area contributed by atoms with Gasteiger partial charge in [-0.15, -0.1) is 0 Å². The number of benzene rings is 1. The molecule has 164 valence electrons. The Hall–Kier alpha value is -2.41. The number of carbonyl (C=O) groups is 3. The van der Waals surface area contributed by atoms with Crippen LogP contribution in [0.3, 0.4) is 0 Å². The van der Waals surface area contributed by atoms with Gasteiger partial charge in [0.1, 0.15) is 24.4 Å². The summed E-state index contributed by atoms with van der Waals surface area (Å²) in [4.78, 5) is 38.3. The first-order valence-corrected chi connectivity index (χ1v) is 10.8. The van der Waals surface area contributed by atoms with Crippen LogP contribution in [0.2, 0.25) is 0 Å². The molecule has 2 aliphatic rings.